The lowest BCUT2D eigenvalue weighted by Crippen LogP contribution is -2.43. The first-order valence-corrected chi connectivity index (χ1v) is 6.82. The highest BCUT2D eigenvalue weighted by Crippen LogP contribution is 2.47. The van der Waals surface area contributed by atoms with Gasteiger partial charge in [-0.05, 0) is 30.5 Å². The van der Waals surface area contributed by atoms with Crippen molar-refractivity contribution in [2.75, 3.05) is 13.7 Å². The Balaban J connectivity index is 1.89. The minimum absolute atomic E-state index is 0.485. The minimum Gasteiger partial charge on any atom is -0.467 e. The SMILES string of the molecule is COC(=O)C(CO)NC(=O)/C=C/c1ccc(C2CC2C)o1. The quantitative estimate of drug-likeness (QED) is 0.605. The molecular formula is C15H19NO5. The van der Waals surface area contributed by atoms with Crippen LogP contribution in [0.3, 0.4) is 0 Å². The molecule has 2 rings (SSSR count). The van der Waals surface area contributed by atoms with Gasteiger partial charge in [0.25, 0.3) is 0 Å². The maximum atomic E-state index is 11.7. The van der Waals surface area contributed by atoms with Crippen LogP contribution in [0.5, 0.6) is 0 Å². The molecule has 3 atom stereocenters. The first-order chi connectivity index (χ1) is 10.0. The Labute approximate surface area is 122 Å². The molecule has 3 unspecified atom stereocenters. The van der Waals surface area contributed by atoms with E-state index in [1.54, 1.807) is 6.07 Å². The van der Waals surface area contributed by atoms with E-state index in [2.05, 4.69) is 17.0 Å². The van der Waals surface area contributed by atoms with Crippen molar-refractivity contribution in [3.05, 3.63) is 29.7 Å². The fourth-order valence-corrected chi connectivity index (χ4v) is 2.07. The molecule has 21 heavy (non-hydrogen) atoms. The Kier molecular flexibility index (Phi) is 4.80. The number of aliphatic hydroxyl groups excluding tert-OH is 1. The molecule has 0 radical (unpaired) electrons. The summed E-state index contributed by atoms with van der Waals surface area (Å²) in [5.41, 5.74) is 0. The highest BCUT2D eigenvalue weighted by Gasteiger charge is 2.36. The number of nitrogens with one attached hydrogen (secondary N) is 1. The van der Waals surface area contributed by atoms with Crippen molar-refractivity contribution < 1.29 is 23.8 Å². The van der Waals surface area contributed by atoms with Crippen LogP contribution in [0.1, 0.15) is 30.8 Å². The molecule has 0 aliphatic heterocycles. The predicted octanol–water partition coefficient (Wildman–Crippen LogP) is 1.07. The van der Waals surface area contributed by atoms with Gasteiger partial charge in [0.1, 0.15) is 11.5 Å². The van der Waals surface area contributed by atoms with Crippen LogP contribution in [-0.4, -0.2) is 36.7 Å². The normalized spacial score (nSPS) is 22.0. The summed E-state index contributed by atoms with van der Waals surface area (Å²) >= 11 is 0. The fourth-order valence-electron chi connectivity index (χ4n) is 2.07. The number of methoxy groups -OCH3 is 1. The molecule has 2 N–H and O–H groups in total. The summed E-state index contributed by atoms with van der Waals surface area (Å²) in [5, 5.41) is 11.3. The van der Waals surface area contributed by atoms with Gasteiger partial charge in [0.15, 0.2) is 6.04 Å². The molecule has 1 heterocycles. The summed E-state index contributed by atoms with van der Waals surface area (Å²) in [6.07, 6.45) is 3.91. The van der Waals surface area contributed by atoms with Crippen LogP contribution in [0.25, 0.3) is 6.08 Å². The summed E-state index contributed by atoms with van der Waals surface area (Å²) in [6, 6.07) is 2.65. The molecule has 1 aromatic heterocycles. The van der Waals surface area contributed by atoms with Crippen molar-refractivity contribution in [2.24, 2.45) is 5.92 Å². The maximum absolute atomic E-state index is 11.7. The maximum Gasteiger partial charge on any atom is 0.330 e. The van der Waals surface area contributed by atoms with E-state index < -0.39 is 24.5 Å². The standard InChI is InChI=1S/C15H19NO5/c1-9-7-11(9)13-5-3-10(21-13)4-6-14(18)16-12(8-17)15(19)20-2/h3-6,9,11-12,17H,7-8H2,1-2H3,(H,16,18)/b6-4+. The molecule has 6 nitrogen and oxygen atoms in total. The van der Waals surface area contributed by atoms with Crippen molar-refractivity contribution in [2.45, 2.75) is 25.3 Å². The summed E-state index contributed by atoms with van der Waals surface area (Å²) < 4.78 is 10.1. The largest absolute Gasteiger partial charge is 0.467 e. The van der Waals surface area contributed by atoms with Gasteiger partial charge in [-0.3, -0.25) is 4.79 Å². The van der Waals surface area contributed by atoms with Crippen LogP contribution in [0.4, 0.5) is 0 Å². The first-order valence-electron chi connectivity index (χ1n) is 6.82. The predicted molar refractivity (Wildman–Crippen MR) is 75.3 cm³/mol. The molecule has 1 fully saturated rings. The van der Waals surface area contributed by atoms with Crippen LogP contribution >= 0.6 is 0 Å². The van der Waals surface area contributed by atoms with Gasteiger partial charge in [0.2, 0.25) is 5.91 Å². The molecule has 0 spiro atoms. The summed E-state index contributed by atoms with van der Waals surface area (Å²) in [6.45, 7) is 1.65. The van der Waals surface area contributed by atoms with E-state index in [0.717, 1.165) is 12.2 Å². The Hall–Kier alpha value is -2.08. The molecule has 6 heteroatoms. The molecular weight excluding hydrogens is 274 g/mol. The van der Waals surface area contributed by atoms with Crippen LogP contribution in [-0.2, 0) is 14.3 Å². The van der Waals surface area contributed by atoms with Crippen LogP contribution in [0.2, 0.25) is 0 Å². The monoisotopic (exact) mass is 293 g/mol. The number of esters is 1. The molecule has 0 saturated heterocycles. The van der Waals surface area contributed by atoms with Crippen LogP contribution < -0.4 is 5.32 Å². The molecule has 1 saturated carbocycles. The highest BCUT2D eigenvalue weighted by atomic mass is 16.5. The Morgan fingerprint density at radius 1 is 1.57 bits per heavy atom. The summed E-state index contributed by atoms with van der Waals surface area (Å²) in [4.78, 5) is 22.9. The zero-order chi connectivity index (χ0) is 15.4. The third kappa shape index (κ3) is 3.95. The first kappa shape index (κ1) is 15.3. The summed E-state index contributed by atoms with van der Waals surface area (Å²) in [7, 11) is 1.19. The molecule has 0 bridgehead atoms. The molecule has 1 aliphatic rings. The second kappa shape index (κ2) is 6.58. The lowest BCUT2D eigenvalue weighted by molar-refractivity contribution is -0.145. The number of ether oxygens (including phenoxy) is 1. The lowest BCUT2D eigenvalue weighted by Gasteiger charge is -2.11. The number of carbonyl (C=O) groups is 2. The van der Waals surface area contributed by atoms with E-state index in [0.29, 0.717) is 17.6 Å². The van der Waals surface area contributed by atoms with Crippen LogP contribution in [0, 0.1) is 5.92 Å². The lowest BCUT2D eigenvalue weighted by atomic mass is 10.3. The second-order valence-electron chi connectivity index (χ2n) is 5.16. The third-order valence-corrected chi connectivity index (χ3v) is 3.51. The average Bonchev–Trinajstić information content (AvgIpc) is 3.03. The van der Waals surface area contributed by atoms with E-state index in [4.69, 9.17) is 9.52 Å². The van der Waals surface area contributed by atoms with Crippen molar-refractivity contribution in [3.8, 4) is 0 Å². The van der Waals surface area contributed by atoms with Crippen molar-refractivity contribution >= 4 is 18.0 Å². The van der Waals surface area contributed by atoms with Crippen molar-refractivity contribution in [3.63, 3.8) is 0 Å². The van der Waals surface area contributed by atoms with Gasteiger partial charge < -0.3 is 19.6 Å². The minimum atomic E-state index is -1.06. The molecule has 1 amide bonds. The number of aliphatic hydroxyl groups is 1. The van der Waals surface area contributed by atoms with Gasteiger partial charge in [-0.1, -0.05) is 6.92 Å². The van der Waals surface area contributed by atoms with Crippen molar-refractivity contribution in [1.29, 1.82) is 0 Å². The summed E-state index contributed by atoms with van der Waals surface area (Å²) in [5.74, 6) is 1.46. The number of amides is 1. The second-order valence-corrected chi connectivity index (χ2v) is 5.16. The number of hydrogen-bond donors (Lipinski definition) is 2. The molecule has 1 aliphatic carbocycles. The van der Waals surface area contributed by atoms with Gasteiger partial charge in [-0.15, -0.1) is 0 Å². The van der Waals surface area contributed by atoms with Gasteiger partial charge in [-0.25, -0.2) is 4.79 Å². The van der Waals surface area contributed by atoms with E-state index in [1.807, 2.05) is 6.07 Å². The van der Waals surface area contributed by atoms with E-state index in [-0.39, 0.29) is 0 Å². The number of furan rings is 1. The highest BCUT2D eigenvalue weighted by molar-refractivity contribution is 5.94. The zero-order valence-electron chi connectivity index (χ0n) is 12.0. The zero-order valence-corrected chi connectivity index (χ0v) is 12.0. The Morgan fingerprint density at radius 2 is 2.29 bits per heavy atom. The Bertz CT molecular complexity index is 548. The van der Waals surface area contributed by atoms with Gasteiger partial charge in [-0.2, -0.15) is 0 Å². The third-order valence-electron chi connectivity index (χ3n) is 3.51. The molecule has 1 aromatic rings. The number of hydrogen-bond acceptors (Lipinski definition) is 5. The van der Waals surface area contributed by atoms with Gasteiger partial charge >= 0.3 is 5.97 Å². The van der Waals surface area contributed by atoms with Gasteiger partial charge in [0.05, 0.1) is 13.7 Å². The number of rotatable bonds is 6. The molecule has 0 aromatic carbocycles. The van der Waals surface area contributed by atoms with E-state index >= 15 is 0 Å². The van der Waals surface area contributed by atoms with E-state index in [1.165, 1.54) is 19.3 Å². The molecule has 114 valence electrons. The van der Waals surface area contributed by atoms with Gasteiger partial charge in [0, 0.05) is 12.0 Å². The number of carbonyl (C=O) groups excluding carboxylic acids is 2. The van der Waals surface area contributed by atoms with E-state index in [9.17, 15) is 9.59 Å². The van der Waals surface area contributed by atoms with Crippen molar-refractivity contribution in [1.82, 2.24) is 5.32 Å². The average molecular weight is 293 g/mol. The topological polar surface area (TPSA) is 88.8 Å². The fraction of sp³-hybridized carbons (Fsp3) is 0.467. The smallest absolute Gasteiger partial charge is 0.330 e. The Morgan fingerprint density at radius 3 is 2.86 bits per heavy atom. The van der Waals surface area contributed by atoms with Crippen LogP contribution in [0.15, 0.2) is 22.6 Å².